The molecule has 0 fully saturated rings. The summed E-state index contributed by atoms with van der Waals surface area (Å²) in [5.74, 6) is -0.0153. The van der Waals surface area contributed by atoms with Gasteiger partial charge in [-0.3, -0.25) is 0 Å². The van der Waals surface area contributed by atoms with Gasteiger partial charge < -0.3 is 40.4 Å². The molecule has 0 bridgehead atoms. The molecule has 0 saturated carbocycles. The van der Waals surface area contributed by atoms with E-state index in [4.69, 9.17) is 0 Å². The van der Waals surface area contributed by atoms with Crippen molar-refractivity contribution in [1.82, 2.24) is 19.9 Å². The fourth-order valence-electron chi connectivity index (χ4n) is 5.20. The third-order valence-corrected chi connectivity index (χ3v) is 7.17. The Balaban J connectivity index is 0.000000160. The number of para-hydroxylation sites is 4. The Bertz CT molecular complexity index is 1880. The van der Waals surface area contributed by atoms with Crippen LogP contribution in [0.5, 0.6) is 23.0 Å². The van der Waals surface area contributed by atoms with Crippen molar-refractivity contribution in [2.24, 2.45) is 0 Å². The van der Waals surface area contributed by atoms with Crippen molar-refractivity contribution >= 4 is 43.6 Å². The summed E-state index contributed by atoms with van der Waals surface area (Å²) in [7, 11) is 0. The molecule has 0 aliphatic carbocycles. The molecule has 0 atom stereocenters. The fraction of sp³-hybridized carbons (Fsp3) is 0. The van der Waals surface area contributed by atoms with Gasteiger partial charge in [-0.05, 0) is 47.2 Å². The molecule has 8 aromatic rings. The summed E-state index contributed by atoms with van der Waals surface area (Å²) in [6.07, 6.45) is 0. The predicted octanol–water partition coefficient (Wildman–Crippen LogP) is 0.199. The SMILES string of the molecule is [K+].[Na+].[O-]c1c(-c2[nH]c3ccccc3c2O)[nH]c2ccccc12.[O-]c1c(-c2[nH]c3ccccc3c2O)[nH]c2ccccc12. The van der Waals surface area contributed by atoms with Crippen LogP contribution in [0.2, 0.25) is 0 Å². The molecule has 8 rings (SSSR count). The average molecular weight is 589 g/mol. The van der Waals surface area contributed by atoms with Crippen molar-refractivity contribution < 1.29 is 101 Å². The molecule has 4 heterocycles. The molecule has 6 N–H and O–H groups in total. The van der Waals surface area contributed by atoms with Crippen molar-refractivity contribution in [2.45, 2.75) is 0 Å². The number of aromatic nitrogens is 4. The second-order valence-electron chi connectivity index (χ2n) is 9.54. The van der Waals surface area contributed by atoms with Crippen LogP contribution in [0, 0.1) is 0 Å². The van der Waals surface area contributed by atoms with E-state index in [2.05, 4.69) is 19.9 Å². The Morgan fingerprint density at radius 3 is 0.976 bits per heavy atom. The number of rotatable bonds is 2. The molecule has 8 nitrogen and oxygen atoms in total. The van der Waals surface area contributed by atoms with Crippen LogP contribution in [0.4, 0.5) is 0 Å². The van der Waals surface area contributed by atoms with Gasteiger partial charge in [-0.15, -0.1) is 0 Å². The topological polar surface area (TPSA) is 150 Å². The fourth-order valence-corrected chi connectivity index (χ4v) is 5.20. The van der Waals surface area contributed by atoms with E-state index in [0.29, 0.717) is 44.3 Å². The van der Waals surface area contributed by atoms with Gasteiger partial charge >= 0.3 is 80.9 Å². The summed E-state index contributed by atoms with van der Waals surface area (Å²) in [4.78, 5) is 12.4. The molecule has 0 radical (unpaired) electrons. The van der Waals surface area contributed by atoms with Gasteiger partial charge in [-0.25, -0.2) is 0 Å². The number of aromatic amines is 4. The molecule has 0 aliphatic rings. The minimum absolute atomic E-state index is 0. The van der Waals surface area contributed by atoms with E-state index in [1.54, 1.807) is 12.1 Å². The van der Waals surface area contributed by atoms with Crippen molar-refractivity contribution in [2.75, 3.05) is 0 Å². The van der Waals surface area contributed by atoms with E-state index < -0.39 is 0 Å². The van der Waals surface area contributed by atoms with Crippen molar-refractivity contribution in [3.05, 3.63) is 97.1 Å². The molecule has 10 heteroatoms. The van der Waals surface area contributed by atoms with E-state index in [1.807, 2.05) is 84.9 Å². The summed E-state index contributed by atoms with van der Waals surface area (Å²) < 4.78 is 0. The van der Waals surface area contributed by atoms with Crippen LogP contribution < -0.4 is 91.2 Å². The molecule has 196 valence electrons. The minimum atomic E-state index is -0.109. The molecule has 0 aliphatic heterocycles. The number of H-pyrrole nitrogens is 4. The summed E-state index contributed by atoms with van der Waals surface area (Å²) in [6, 6.07) is 29.5. The molecule has 0 spiro atoms. The molecular weight excluding hydrogens is 566 g/mol. The van der Waals surface area contributed by atoms with Gasteiger partial charge in [0.2, 0.25) is 0 Å². The van der Waals surface area contributed by atoms with E-state index in [1.165, 1.54) is 0 Å². The quantitative estimate of drug-likeness (QED) is 0.160. The zero-order valence-corrected chi connectivity index (χ0v) is 28.1. The van der Waals surface area contributed by atoms with Crippen LogP contribution in [-0.4, -0.2) is 30.1 Å². The van der Waals surface area contributed by atoms with E-state index in [0.717, 1.165) is 22.1 Å². The Kier molecular flexibility index (Phi) is 8.84. The first-order valence-electron chi connectivity index (χ1n) is 12.7. The molecule has 4 aromatic carbocycles. The van der Waals surface area contributed by atoms with Gasteiger partial charge in [0, 0.05) is 32.8 Å². The summed E-state index contributed by atoms with van der Waals surface area (Å²) >= 11 is 0. The summed E-state index contributed by atoms with van der Waals surface area (Å²) in [5.41, 5.74) is 4.80. The Hall–Kier alpha value is -3.12. The summed E-state index contributed by atoms with van der Waals surface area (Å²) in [6.45, 7) is 0. The van der Waals surface area contributed by atoms with Crippen LogP contribution in [0.25, 0.3) is 66.4 Å². The van der Waals surface area contributed by atoms with E-state index in [-0.39, 0.29) is 104 Å². The molecule has 0 saturated heterocycles. The van der Waals surface area contributed by atoms with E-state index in [9.17, 15) is 20.4 Å². The number of hydrogen-bond donors (Lipinski definition) is 6. The maximum atomic E-state index is 12.4. The number of hydrogen-bond acceptors (Lipinski definition) is 4. The van der Waals surface area contributed by atoms with Gasteiger partial charge in [0.1, 0.15) is 22.9 Å². The number of nitrogens with one attached hydrogen (secondary N) is 4. The van der Waals surface area contributed by atoms with Crippen LogP contribution >= 0.6 is 0 Å². The van der Waals surface area contributed by atoms with Crippen LogP contribution in [0.15, 0.2) is 97.1 Å². The molecule has 4 aromatic heterocycles. The van der Waals surface area contributed by atoms with Crippen molar-refractivity contribution in [3.8, 4) is 45.8 Å². The Labute approximate surface area is 304 Å². The van der Waals surface area contributed by atoms with E-state index >= 15 is 0 Å². The molecule has 42 heavy (non-hydrogen) atoms. The molecule has 0 amide bonds. The van der Waals surface area contributed by atoms with Gasteiger partial charge in [0.05, 0.1) is 11.4 Å². The van der Waals surface area contributed by atoms with Crippen molar-refractivity contribution in [3.63, 3.8) is 0 Å². The zero-order chi connectivity index (χ0) is 27.4. The first-order valence-corrected chi connectivity index (χ1v) is 12.7. The van der Waals surface area contributed by atoms with Gasteiger partial charge in [0.25, 0.3) is 0 Å². The predicted molar refractivity (Wildman–Crippen MR) is 153 cm³/mol. The molecular formula is C32H22KN4NaO4. The number of fused-ring (bicyclic) bond motifs is 4. The Morgan fingerprint density at radius 2 is 0.667 bits per heavy atom. The Morgan fingerprint density at radius 1 is 0.405 bits per heavy atom. The standard InChI is InChI=1S/2C16H12N2O2.K.Na/c2*19-15-9-5-1-3-7-11(9)17-13(15)14-16(20)10-6-2-4-8-12(10)18-14;;/h2*1-8,17-20H;;/q;;2*+1/p-2. The second kappa shape index (κ2) is 12.2. The van der Waals surface area contributed by atoms with Crippen molar-refractivity contribution in [1.29, 1.82) is 0 Å². The normalized spacial score (nSPS) is 10.9. The first kappa shape index (κ1) is 30.3. The minimum Gasteiger partial charge on any atom is -0.871 e. The molecule has 0 unspecified atom stereocenters. The largest absolute Gasteiger partial charge is 1.00 e. The zero-order valence-electron chi connectivity index (χ0n) is 22.9. The monoisotopic (exact) mass is 588 g/mol. The second-order valence-corrected chi connectivity index (χ2v) is 9.54. The third kappa shape index (κ3) is 5.06. The van der Waals surface area contributed by atoms with Crippen LogP contribution in [-0.2, 0) is 0 Å². The average Bonchev–Trinajstić information content (AvgIpc) is 3.71. The number of aromatic hydroxyl groups is 2. The van der Waals surface area contributed by atoms with Gasteiger partial charge in [-0.2, -0.15) is 0 Å². The van der Waals surface area contributed by atoms with Gasteiger partial charge in [0.15, 0.2) is 0 Å². The third-order valence-electron chi connectivity index (χ3n) is 7.17. The first-order chi connectivity index (χ1) is 19.5. The smallest absolute Gasteiger partial charge is 0.871 e. The summed E-state index contributed by atoms with van der Waals surface area (Å²) in [5, 5.41) is 48.1. The van der Waals surface area contributed by atoms with Crippen LogP contribution in [0.1, 0.15) is 0 Å². The maximum Gasteiger partial charge on any atom is 1.00 e. The maximum absolute atomic E-state index is 12.4. The number of benzene rings is 4. The van der Waals surface area contributed by atoms with Gasteiger partial charge in [-0.1, -0.05) is 72.2 Å². The van der Waals surface area contributed by atoms with Crippen LogP contribution in [0.3, 0.4) is 0 Å².